The molecule has 1 saturated heterocycles. The Hall–Kier alpha value is -3.09. The zero-order valence-electron chi connectivity index (χ0n) is 17.3. The van der Waals surface area contributed by atoms with Crippen LogP contribution in [0.15, 0.2) is 79.0 Å². The molecule has 5 nitrogen and oxygen atoms in total. The molecule has 0 bridgehead atoms. The molecule has 160 valence electrons. The van der Waals surface area contributed by atoms with E-state index in [0.29, 0.717) is 44.8 Å². The quantitative estimate of drug-likeness (QED) is 0.638. The Morgan fingerprint density at radius 3 is 2.61 bits per heavy atom. The lowest BCUT2D eigenvalue weighted by atomic mass is 9.93. The number of nitrogens with zero attached hydrogens (tertiary/aromatic N) is 2. The van der Waals surface area contributed by atoms with Gasteiger partial charge in [0.1, 0.15) is 5.82 Å². The van der Waals surface area contributed by atoms with Gasteiger partial charge < -0.3 is 10.1 Å². The van der Waals surface area contributed by atoms with Crippen molar-refractivity contribution in [2.24, 2.45) is 0 Å². The standard InChI is InChI=1S/C25H26FN3O2/c26-23-12-5-4-10-21(23)18-29-14-15-31-25(19-29,16-22-11-6-7-13-27-22)24(30)28-17-20-8-2-1-3-9-20/h1-13H,14-19H2,(H,28,30)/t25-/m0/s1. The smallest absolute Gasteiger partial charge is 0.254 e. The molecular weight excluding hydrogens is 393 g/mol. The Morgan fingerprint density at radius 2 is 1.84 bits per heavy atom. The summed E-state index contributed by atoms with van der Waals surface area (Å²) in [5.41, 5.74) is 1.32. The number of carbonyl (C=O) groups excluding carboxylic acids is 1. The number of carbonyl (C=O) groups is 1. The fourth-order valence-corrected chi connectivity index (χ4v) is 3.92. The first kappa shape index (κ1) is 21.2. The first-order valence-corrected chi connectivity index (χ1v) is 10.5. The number of pyridine rings is 1. The van der Waals surface area contributed by atoms with Gasteiger partial charge in [0, 0.05) is 50.1 Å². The third kappa shape index (κ3) is 5.34. The van der Waals surface area contributed by atoms with Crippen LogP contribution < -0.4 is 5.32 Å². The van der Waals surface area contributed by atoms with Crippen molar-refractivity contribution in [3.63, 3.8) is 0 Å². The van der Waals surface area contributed by atoms with Gasteiger partial charge in [-0.25, -0.2) is 4.39 Å². The number of morpholine rings is 1. The highest BCUT2D eigenvalue weighted by Crippen LogP contribution is 2.25. The fourth-order valence-electron chi connectivity index (χ4n) is 3.92. The number of aromatic nitrogens is 1. The van der Waals surface area contributed by atoms with Crippen LogP contribution in [0.1, 0.15) is 16.8 Å². The van der Waals surface area contributed by atoms with E-state index in [4.69, 9.17) is 4.74 Å². The van der Waals surface area contributed by atoms with Crippen LogP contribution in [0.25, 0.3) is 0 Å². The van der Waals surface area contributed by atoms with Gasteiger partial charge in [-0.3, -0.25) is 14.7 Å². The number of hydrogen-bond donors (Lipinski definition) is 1. The first-order chi connectivity index (χ1) is 15.1. The molecule has 0 saturated carbocycles. The Bertz CT molecular complexity index is 1000. The van der Waals surface area contributed by atoms with Gasteiger partial charge in [0.2, 0.25) is 0 Å². The van der Waals surface area contributed by atoms with E-state index < -0.39 is 5.60 Å². The third-order valence-electron chi connectivity index (χ3n) is 5.52. The lowest BCUT2D eigenvalue weighted by Crippen LogP contribution is -2.60. The maximum absolute atomic E-state index is 14.2. The van der Waals surface area contributed by atoms with E-state index in [0.717, 1.165) is 11.3 Å². The van der Waals surface area contributed by atoms with Gasteiger partial charge in [-0.1, -0.05) is 54.6 Å². The van der Waals surface area contributed by atoms with E-state index in [-0.39, 0.29) is 11.7 Å². The van der Waals surface area contributed by atoms with Crippen molar-refractivity contribution < 1.29 is 13.9 Å². The number of amides is 1. The van der Waals surface area contributed by atoms with Crippen LogP contribution in [-0.2, 0) is 29.0 Å². The summed E-state index contributed by atoms with van der Waals surface area (Å²) < 4.78 is 20.3. The molecule has 0 unspecified atom stereocenters. The lowest BCUT2D eigenvalue weighted by Gasteiger charge is -2.41. The van der Waals surface area contributed by atoms with Gasteiger partial charge in [-0.15, -0.1) is 0 Å². The molecule has 0 radical (unpaired) electrons. The molecule has 6 heteroatoms. The SMILES string of the molecule is O=C(NCc1ccccc1)[C@]1(Cc2ccccn2)CN(Cc2ccccc2F)CCO1. The van der Waals surface area contributed by atoms with Gasteiger partial charge in [-0.2, -0.15) is 0 Å². The van der Waals surface area contributed by atoms with Crippen LogP contribution >= 0.6 is 0 Å². The molecule has 1 fully saturated rings. The molecule has 0 spiro atoms. The summed E-state index contributed by atoms with van der Waals surface area (Å²) in [4.78, 5) is 19.9. The highest BCUT2D eigenvalue weighted by atomic mass is 19.1. The monoisotopic (exact) mass is 419 g/mol. The highest BCUT2D eigenvalue weighted by molar-refractivity contribution is 5.86. The molecule has 3 aromatic rings. The van der Waals surface area contributed by atoms with Crippen molar-refractivity contribution in [2.75, 3.05) is 19.7 Å². The topological polar surface area (TPSA) is 54.5 Å². The lowest BCUT2D eigenvalue weighted by molar-refractivity contribution is -0.161. The molecule has 4 rings (SSSR count). The number of nitrogens with one attached hydrogen (secondary N) is 1. The molecule has 31 heavy (non-hydrogen) atoms. The maximum Gasteiger partial charge on any atom is 0.254 e. The van der Waals surface area contributed by atoms with Crippen molar-refractivity contribution >= 4 is 5.91 Å². The minimum atomic E-state index is -1.09. The van der Waals surface area contributed by atoms with E-state index in [2.05, 4.69) is 15.2 Å². The second-order valence-corrected chi connectivity index (χ2v) is 7.81. The number of ether oxygens (including phenoxy) is 1. The Kier molecular flexibility index (Phi) is 6.70. The fraction of sp³-hybridized carbons (Fsp3) is 0.280. The summed E-state index contributed by atoms with van der Waals surface area (Å²) in [6.45, 7) is 2.22. The van der Waals surface area contributed by atoms with Gasteiger partial charge in [0.05, 0.1) is 6.61 Å². The molecule has 1 aliphatic heterocycles. The third-order valence-corrected chi connectivity index (χ3v) is 5.52. The molecule has 1 aromatic heterocycles. The van der Waals surface area contributed by atoms with Crippen molar-refractivity contribution in [3.8, 4) is 0 Å². The van der Waals surface area contributed by atoms with Crippen molar-refractivity contribution in [1.82, 2.24) is 15.2 Å². The molecule has 1 atom stereocenters. The molecule has 1 aliphatic rings. The minimum Gasteiger partial charge on any atom is -0.362 e. The minimum absolute atomic E-state index is 0.180. The average molecular weight is 420 g/mol. The predicted molar refractivity (Wildman–Crippen MR) is 117 cm³/mol. The molecule has 0 aliphatic carbocycles. The Labute approximate surface area is 181 Å². The largest absolute Gasteiger partial charge is 0.362 e. The van der Waals surface area contributed by atoms with Gasteiger partial charge in [0.15, 0.2) is 5.60 Å². The average Bonchev–Trinajstić information content (AvgIpc) is 2.80. The van der Waals surface area contributed by atoms with Crippen molar-refractivity contribution in [2.45, 2.75) is 25.1 Å². The van der Waals surface area contributed by atoms with Crippen LogP contribution in [0, 0.1) is 5.82 Å². The summed E-state index contributed by atoms with van der Waals surface area (Å²) in [7, 11) is 0. The zero-order valence-corrected chi connectivity index (χ0v) is 17.3. The van der Waals surface area contributed by atoms with E-state index in [1.807, 2.05) is 54.6 Å². The maximum atomic E-state index is 14.2. The van der Waals surface area contributed by atoms with Crippen LogP contribution in [0.5, 0.6) is 0 Å². The number of hydrogen-bond acceptors (Lipinski definition) is 4. The Morgan fingerprint density at radius 1 is 1.06 bits per heavy atom. The van der Waals surface area contributed by atoms with Crippen LogP contribution in [-0.4, -0.2) is 41.1 Å². The van der Waals surface area contributed by atoms with Crippen molar-refractivity contribution in [3.05, 3.63) is 102 Å². The van der Waals surface area contributed by atoms with Gasteiger partial charge in [0.25, 0.3) is 5.91 Å². The van der Waals surface area contributed by atoms with E-state index in [1.165, 1.54) is 6.07 Å². The number of halogens is 1. The molecule has 2 aromatic carbocycles. The van der Waals surface area contributed by atoms with Crippen LogP contribution in [0.2, 0.25) is 0 Å². The highest BCUT2D eigenvalue weighted by Gasteiger charge is 2.44. The van der Waals surface area contributed by atoms with Crippen molar-refractivity contribution in [1.29, 1.82) is 0 Å². The summed E-state index contributed by atoms with van der Waals surface area (Å²) in [6.07, 6.45) is 2.06. The molecular formula is C25H26FN3O2. The number of rotatable bonds is 7. The summed E-state index contributed by atoms with van der Waals surface area (Å²) >= 11 is 0. The van der Waals surface area contributed by atoms with Crippen LogP contribution in [0.3, 0.4) is 0 Å². The van der Waals surface area contributed by atoms with E-state index in [9.17, 15) is 9.18 Å². The zero-order chi connectivity index (χ0) is 21.5. The first-order valence-electron chi connectivity index (χ1n) is 10.5. The summed E-state index contributed by atoms with van der Waals surface area (Å²) in [5, 5.41) is 3.03. The van der Waals surface area contributed by atoms with E-state index >= 15 is 0 Å². The Balaban J connectivity index is 1.54. The summed E-state index contributed by atoms with van der Waals surface area (Å²) in [5.74, 6) is -0.418. The molecule has 1 amide bonds. The molecule has 2 heterocycles. The summed E-state index contributed by atoms with van der Waals surface area (Å²) in [6, 6.07) is 22.2. The predicted octanol–water partition coefficient (Wildman–Crippen LogP) is 3.35. The van der Waals surface area contributed by atoms with Gasteiger partial charge in [-0.05, 0) is 23.8 Å². The van der Waals surface area contributed by atoms with E-state index in [1.54, 1.807) is 18.3 Å². The van der Waals surface area contributed by atoms with Crippen LogP contribution in [0.4, 0.5) is 4.39 Å². The molecule has 1 N–H and O–H groups in total. The second kappa shape index (κ2) is 9.81. The van der Waals surface area contributed by atoms with Gasteiger partial charge >= 0.3 is 0 Å². The number of benzene rings is 2. The normalized spacial score (nSPS) is 19.1. The second-order valence-electron chi connectivity index (χ2n) is 7.81.